The van der Waals surface area contributed by atoms with Gasteiger partial charge in [-0.05, 0) is 44.0 Å². The monoisotopic (exact) mass is 411 g/mol. The molecule has 3 aromatic rings. The minimum Gasteiger partial charge on any atom is -0.374 e. The molecule has 1 aromatic carbocycles. The average molecular weight is 412 g/mol. The lowest BCUT2D eigenvalue weighted by atomic mass is 10.2. The molecule has 5 rings (SSSR count). The number of ether oxygens (including phenoxy) is 1. The van der Waals surface area contributed by atoms with Gasteiger partial charge in [0.15, 0.2) is 0 Å². The van der Waals surface area contributed by atoms with Gasteiger partial charge in [-0.15, -0.1) is 0 Å². The number of hydrogen-bond acceptors (Lipinski definition) is 5. The first-order chi connectivity index (χ1) is 14.2. The Kier molecular flexibility index (Phi) is 5.16. The highest BCUT2D eigenvalue weighted by Gasteiger charge is 2.23. The first-order valence-corrected chi connectivity index (χ1v) is 10.8. The highest BCUT2D eigenvalue weighted by molar-refractivity contribution is 6.35. The summed E-state index contributed by atoms with van der Waals surface area (Å²) in [5.74, 6) is 1.93. The second-order valence-electron chi connectivity index (χ2n) is 7.94. The fourth-order valence-corrected chi connectivity index (χ4v) is 4.63. The molecule has 29 heavy (non-hydrogen) atoms. The smallest absolute Gasteiger partial charge is 0.142 e. The van der Waals surface area contributed by atoms with Gasteiger partial charge in [-0.3, -0.25) is 0 Å². The third kappa shape index (κ3) is 3.61. The molecule has 2 aromatic heterocycles. The second-order valence-corrected chi connectivity index (χ2v) is 8.35. The second kappa shape index (κ2) is 7.94. The molecule has 1 N–H and O–H groups in total. The van der Waals surface area contributed by atoms with Crippen molar-refractivity contribution in [1.29, 1.82) is 0 Å². The van der Waals surface area contributed by atoms with Crippen molar-refractivity contribution in [2.24, 2.45) is 0 Å². The van der Waals surface area contributed by atoms with Crippen LogP contribution in [0.1, 0.15) is 19.8 Å². The maximum absolute atomic E-state index is 6.46. The molecule has 6 nitrogen and oxygen atoms in total. The normalized spacial score (nSPS) is 22.5. The number of halogens is 1. The first-order valence-electron chi connectivity index (χ1n) is 10.4. The number of pyridine rings is 1. The molecule has 2 saturated heterocycles. The number of imidazole rings is 1. The lowest BCUT2D eigenvalue weighted by molar-refractivity contribution is 0.0191. The van der Waals surface area contributed by atoms with E-state index in [9.17, 15) is 0 Å². The Balaban J connectivity index is 1.53. The van der Waals surface area contributed by atoms with E-state index < -0.39 is 0 Å². The van der Waals surface area contributed by atoms with Crippen LogP contribution in [0.3, 0.4) is 0 Å². The van der Waals surface area contributed by atoms with E-state index in [1.807, 2.05) is 18.3 Å². The van der Waals surface area contributed by atoms with Crippen LogP contribution in [0.15, 0.2) is 36.5 Å². The van der Waals surface area contributed by atoms with Crippen molar-refractivity contribution >= 4 is 28.5 Å². The maximum atomic E-state index is 6.46. The van der Waals surface area contributed by atoms with Crippen LogP contribution in [0.4, 0.5) is 5.82 Å². The molecule has 0 bridgehead atoms. The summed E-state index contributed by atoms with van der Waals surface area (Å²) in [6.45, 7) is 6.54. The Hall–Kier alpha value is -2.15. The van der Waals surface area contributed by atoms with Gasteiger partial charge in [-0.1, -0.05) is 17.7 Å². The average Bonchev–Trinajstić information content (AvgIpc) is 3.34. The van der Waals surface area contributed by atoms with Gasteiger partial charge >= 0.3 is 0 Å². The summed E-state index contributed by atoms with van der Waals surface area (Å²) in [6.07, 6.45) is 4.50. The molecule has 2 aliphatic heterocycles. The highest BCUT2D eigenvalue weighted by Crippen LogP contribution is 2.31. The molecule has 2 fully saturated rings. The van der Waals surface area contributed by atoms with Crippen molar-refractivity contribution < 1.29 is 4.74 Å². The first kappa shape index (κ1) is 18.9. The largest absolute Gasteiger partial charge is 0.374 e. The quantitative estimate of drug-likeness (QED) is 0.709. The Morgan fingerprint density at radius 3 is 2.93 bits per heavy atom. The van der Waals surface area contributed by atoms with Crippen LogP contribution in [0.5, 0.6) is 0 Å². The third-order valence-corrected chi connectivity index (χ3v) is 6.28. The maximum Gasteiger partial charge on any atom is 0.142 e. The number of morpholine rings is 1. The van der Waals surface area contributed by atoms with Gasteiger partial charge in [0.2, 0.25) is 0 Å². The van der Waals surface area contributed by atoms with E-state index in [2.05, 4.69) is 39.9 Å². The number of aromatic nitrogens is 3. The molecule has 2 aliphatic rings. The molecular weight excluding hydrogens is 386 g/mol. The van der Waals surface area contributed by atoms with E-state index in [4.69, 9.17) is 26.3 Å². The Bertz CT molecular complexity index is 996. The van der Waals surface area contributed by atoms with Crippen LogP contribution < -0.4 is 10.2 Å². The molecule has 7 heteroatoms. The fourth-order valence-electron chi connectivity index (χ4n) is 4.42. The van der Waals surface area contributed by atoms with Crippen LogP contribution in [-0.4, -0.2) is 52.9 Å². The van der Waals surface area contributed by atoms with Crippen molar-refractivity contribution in [2.45, 2.75) is 38.5 Å². The summed E-state index contributed by atoms with van der Waals surface area (Å²) in [5.41, 5.74) is 2.85. The van der Waals surface area contributed by atoms with E-state index in [-0.39, 0.29) is 6.10 Å². The van der Waals surface area contributed by atoms with Gasteiger partial charge in [0.25, 0.3) is 0 Å². The number of para-hydroxylation sites is 1. The van der Waals surface area contributed by atoms with Gasteiger partial charge in [0.1, 0.15) is 17.2 Å². The minimum absolute atomic E-state index is 0.108. The van der Waals surface area contributed by atoms with Crippen LogP contribution >= 0.6 is 11.6 Å². The molecule has 0 aliphatic carbocycles. The lowest BCUT2D eigenvalue weighted by Crippen LogP contribution is -2.40. The van der Waals surface area contributed by atoms with Crippen LogP contribution in [0, 0.1) is 0 Å². The topological polar surface area (TPSA) is 55.2 Å². The lowest BCUT2D eigenvalue weighted by Gasteiger charge is -2.25. The number of benzene rings is 1. The summed E-state index contributed by atoms with van der Waals surface area (Å²) in [7, 11) is 0. The molecule has 4 heterocycles. The van der Waals surface area contributed by atoms with Gasteiger partial charge in [0.05, 0.1) is 29.8 Å². The number of anilines is 1. The standard InChI is InChI=1S/C22H26ClN5O/c1-15-4-3-10-27(15)20-8-7-16(12-25-20)22-26-21-18(23)5-2-6-19(21)28(22)14-17-13-24-9-11-29-17/h2,5-8,12,15,17,24H,3-4,9-11,13-14H2,1H3/t15-,17-/m0/s1. The molecule has 0 saturated carbocycles. The minimum atomic E-state index is 0.108. The SMILES string of the molecule is C[C@H]1CCCN1c1ccc(-c2nc3c(Cl)cccc3n2C[C@@H]2CNCCO2)cn1. The number of hydrogen-bond donors (Lipinski definition) is 1. The molecular formula is C22H26ClN5O. The predicted octanol–water partition coefficient (Wildman–Crippen LogP) is 3.73. The summed E-state index contributed by atoms with van der Waals surface area (Å²) < 4.78 is 8.17. The van der Waals surface area contributed by atoms with E-state index in [0.717, 1.165) is 61.0 Å². The molecule has 0 amide bonds. The zero-order valence-corrected chi connectivity index (χ0v) is 17.4. The molecule has 0 spiro atoms. The summed E-state index contributed by atoms with van der Waals surface area (Å²) in [5, 5.41) is 4.07. The van der Waals surface area contributed by atoms with E-state index in [1.165, 1.54) is 12.8 Å². The van der Waals surface area contributed by atoms with E-state index in [0.29, 0.717) is 11.1 Å². The number of fused-ring (bicyclic) bond motifs is 1. The van der Waals surface area contributed by atoms with Crippen molar-refractivity contribution in [3.63, 3.8) is 0 Å². The van der Waals surface area contributed by atoms with Crippen LogP contribution in [0.25, 0.3) is 22.4 Å². The van der Waals surface area contributed by atoms with Crippen LogP contribution in [-0.2, 0) is 11.3 Å². The number of nitrogens with one attached hydrogen (secondary N) is 1. The summed E-state index contributed by atoms with van der Waals surface area (Å²) in [6, 6.07) is 10.7. The predicted molar refractivity (Wildman–Crippen MR) is 117 cm³/mol. The van der Waals surface area contributed by atoms with Crippen molar-refractivity contribution in [3.05, 3.63) is 41.6 Å². The van der Waals surface area contributed by atoms with Crippen molar-refractivity contribution in [1.82, 2.24) is 19.9 Å². The van der Waals surface area contributed by atoms with Crippen molar-refractivity contribution in [3.8, 4) is 11.4 Å². The fraction of sp³-hybridized carbons (Fsp3) is 0.455. The summed E-state index contributed by atoms with van der Waals surface area (Å²) in [4.78, 5) is 12.0. The van der Waals surface area contributed by atoms with Crippen LogP contribution in [0.2, 0.25) is 5.02 Å². The zero-order chi connectivity index (χ0) is 19.8. The highest BCUT2D eigenvalue weighted by atomic mass is 35.5. The number of nitrogens with zero attached hydrogens (tertiary/aromatic N) is 4. The van der Waals surface area contributed by atoms with Gasteiger partial charge in [0, 0.05) is 37.4 Å². The molecule has 152 valence electrons. The Labute approximate surface area is 175 Å². The van der Waals surface area contributed by atoms with Gasteiger partial charge < -0.3 is 19.5 Å². The van der Waals surface area contributed by atoms with Gasteiger partial charge in [-0.2, -0.15) is 0 Å². The molecule has 0 radical (unpaired) electrons. The Morgan fingerprint density at radius 2 is 2.21 bits per heavy atom. The van der Waals surface area contributed by atoms with E-state index in [1.54, 1.807) is 0 Å². The summed E-state index contributed by atoms with van der Waals surface area (Å²) >= 11 is 6.46. The van der Waals surface area contributed by atoms with Crippen molar-refractivity contribution in [2.75, 3.05) is 31.1 Å². The molecule has 2 atom stereocenters. The molecule has 0 unspecified atom stereocenters. The van der Waals surface area contributed by atoms with Gasteiger partial charge in [-0.25, -0.2) is 9.97 Å². The Morgan fingerprint density at radius 1 is 1.28 bits per heavy atom. The third-order valence-electron chi connectivity index (χ3n) is 5.97. The number of rotatable bonds is 4. The van der Waals surface area contributed by atoms with E-state index >= 15 is 0 Å². The zero-order valence-electron chi connectivity index (χ0n) is 16.6.